The molecule has 0 fully saturated rings. The summed E-state index contributed by atoms with van der Waals surface area (Å²) in [7, 11) is 0. The van der Waals surface area contributed by atoms with Crippen LogP contribution in [0.15, 0.2) is 42.5 Å². The predicted molar refractivity (Wildman–Crippen MR) is 120 cm³/mol. The Morgan fingerprint density at radius 3 is 2.30 bits per heavy atom. The van der Waals surface area contributed by atoms with Crippen LogP contribution in [0.3, 0.4) is 0 Å². The van der Waals surface area contributed by atoms with Gasteiger partial charge < -0.3 is 24.3 Å². The number of hydrogen-bond acceptors (Lipinski definition) is 8. The topological polar surface area (TPSA) is 113 Å². The van der Waals surface area contributed by atoms with E-state index >= 15 is 0 Å². The number of nitrogens with one attached hydrogen (secondary N) is 1. The minimum Gasteiger partial charge on any atom is -0.454 e. The number of carbonyl (C=O) groups is 2. The highest BCUT2D eigenvalue weighted by atomic mass is 19.4. The van der Waals surface area contributed by atoms with Gasteiger partial charge in [-0.05, 0) is 37.3 Å². The van der Waals surface area contributed by atoms with Crippen LogP contribution in [0, 0.1) is 0 Å². The highest BCUT2D eigenvalue weighted by Gasteiger charge is 2.36. The molecule has 0 saturated heterocycles. The van der Waals surface area contributed by atoms with Gasteiger partial charge in [0.2, 0.25) is 13.6 Å². The van der Waals surface area contributed by atoms with Crippen molar-refractivity contribution in [2.75, 3.05) is 18.9 Å². The standard InChI is InChI=1S/C24H15F3N4O6/c1-11(32)13-5-19-20(37-10-36-19)6-15(13)29-23(33)16-8-22-28-14(7-21(24(25,26)27)31(22)30-16)12-2-3-17-18(4-12)35-9-34-17/h2-8H,9-10H2,1H3,(H,29,33). The summed E-state index contributed by atoms with van der Waals surface area (Å²) >= 11 is 0. The third-order valence-corrected chi connectivity index (χ3v) is 5.76. The van der Waals surface area contributed by atoms with Gasteiger partial charge in [-0.2, -0.15) is 18.3 Å². The molecular formula is C24H15F3N4O6. The zero-order chi connectivity index (χ0) is 25.9. The second kappa shape index (κ2) is 8.11. The Bertz CT molecular complexity index is 1610. The average Bonchev–Trinajstić information content (AvgIpc) is 3.60. The van der Waals surface area contributed by atoms with Crippen LogP contribution in [0.25, 0.3) is 16.9 Å². The molecule has 0 radical (unpaired) electrons. The van der Waals surface area contributed by atoms with Crippen molar-refractivity contribution in [2.45, 2.75) is 13.1 Å². The van der Waals surface area contributed by atoms with Crippen molar-refractivity contribution in [3.8, 4) is 34.3 Å². The van der Waals surface area contributed by atoms with E-state index in [0.29, 0.717) is 33.1 Å². The number of benzene rings is 2. The molecule has 2 aromatic carbocycles. The summed E-state index contributed by atoms with van der Waals surface area (Å²) in [6, 6.07) is 9.44. The molecule has 0 spiro atoms. The number of rotatable bonds is 4. The number of anilines is 1. The van der Waals surface area contributed by atoms with Gasteiger partial charge in [0.25, 0.3) is 5.91 Å². The lowest BCUT2D eigenvalue weighted by Crippen LogP contribution is -2.16. The van der Waals surface area contributed by atoms with Crippen LogP contribution >= 0.6 is 0 Å². The van der Waals surface area contributed by atoms with Crippen molar-refractivity contribution in [3.63, 3.8) is 0 Å². The molecule has 2 aliphatic rings. The summed E-state index contributed by atoms with van der Waals surface area (Å²) < 4.78 is 63.5. The largest absolute Gasteiger partial charge is 0.454 e. The Balaban J connectivity index is 1.40. The zero-order valence-electron chi connectivity index (χ0n) is 18.9. The van der Waals surface area contributed by atoms with E-state index in [1.807, 2.05) is 0 Å². The lowest BCUT2D eigenvalue weighted by Gasteiger charge is -2.11. The summed E-state index contributed by atoms with van der Waals surface area (Å²) in [4.78, 5) is 29.4. The Morgan fingerprint density at radius 1 is 0.919 bits per heavy atom. The van der Waals surface area contributed by atoms with E-state index in [9.17, 15) is 22.8 Å². The maximum atomic E-state index is 14.0. The smallest absolute Gasteiger partial charge is 0.433 e. The van der Waals surface area contributed by atoms with Crippen LogP contribution < -0.4 is 24.3 Å². The van der Waals surface area contributed by atoms with Crippen molar-refractivity contribution in [3.05, 3.63) is 59.4 Å². The van der Waals surface area contributed by atoms with Gasteiger partial charge in [-0.25, -0.2) is 9.50 Å². The molecule has 4 heterocycles. The van der Waals surface area contributed by atoms with E-state index in [1.54, 1.807) is 12.1 Å². The molecule has 13 heteroatoms. The van der Waals surface area contributed by atoms with Crippen molar-refractivity contribution in [2.24, 2.45) is 0 Å². The number of amides is 1. The van der Waals surface area contributed by atoms with Gasteiger partial charge in [0.15, 0.2) is 45.8 Å². The Labute approximate surface area is 205 Å². The molecule has 10 nitrogen and oxygen atoms in total. The Kier molecular flexibility index (Phi) is 4.97. The fourth-order valence-electron chi connectivity index (χ4n) is 4.01. The molecule has 1 N–H and O–H groups in total. The first-order valence-electron chi connectivity index (χ1n) is 10.8. The lowest BCUT2D eigenvalue weighted by atomic mass is 10.1. The summed E-state index contributed by atoms with van der Waals surface area (Å²) in [6.45, 7) is 1.26. The normalized spacial score (nSPS) is 13.7. The maximum Gasteiger partial charge on any atom is 0.433 e. The van der Waals surface area contributed by atoms with Crippen molar-refractivity contribution < 1.29 is 41.7 Å². The summed E-state index contributed by atoms with van der Waals surface area (Å²) in [5, 5.41) is 6.37. The minimum absolute atomic E-state index is 0.000352. The van der Waals surface area contributed by atoms with E-state index in [2.05, 4.69) is 15.4 Å². The maximum absolute atomic E-state index is 14.0. The molecule has 0 saturated carbocycles. The summed E-state index contributed by atoms with van der Waals surface area (Å²) in [5.74, 6) is 0.294. The van der Waals surface area contributed by atoms with Crippen LogP contribution in [0.4, 0.5) is 18.9 Å². The number of ether oxygens (including phenoxy) is 4. The Hall–Kier alpha value is -4.81. The summed E-state index contributed by atoms with van der Waals surface area (Å²) in [5.41, 5.74) is -1.07. The minimum atomic E-state index is -4.80. The van der Waals surface area contributed by atoms with Gasteiger partial charge in [-0.1, -0.05) is 0 Å². The average molecular weight is 512 g/mol. The van der Waals surface area contributed by atoms with Crippen molar-refractivity contribution in [1.29, 1.82) is 0 Å². The molecule has 4 aromatic rings. The van der Waals surface area contributed by atoms with Crippen molar-refractivity contribution >= 4 is 23.0 Å². The van der Waals surface area contributed by atoms with Gasteiger partial charge in [0, 0.05) is 23.3 Å². The number of alkyl halides is 3. The number of aromatic nitrogens is 3. The van der Waals surface area contributed by atoms with Gasteiger partial charge in [-0.15, -0.1) is 0 Å². The second-order valence-corrected chi connectivity index (χ2v) is 8.15. The number of halogens is 3. The fourth-order valence-corrected chi connectivity index (χ4v) is 4.01. The highest BCUT2D eigenvalue weighted by Crippen LogP contribution is 2.39. The van der Waals surface area contributed by atoms with Crippen LogP contribution in [0.5, 0.6) is 23.0 Å². The molecule has 0 aliphatic carbocycles. The third kappa shape index (κ3) is 3.93. The van der Waals surface area contributed by atoms with Crippen LogP contribution in [0.2, 0.25) is 0 Å². The first kappa shape index (κ1) is 22.6. The zero-order valence-corrected chi connectivity index (χ0v) is 18.9. The lowest BCUT2D eigenvalue weighted by molar-refractivity contribution is -0.142. The molecule has 188 valence electrons. The molecule has 0 bridgehead atoms. The number of Topliss-reactive ketones (excluding diaryl/α,β-unsaturated/α-hetero) is 1. The van der Waals surface area contributed by atoms with Gasteiger partial charge in [-0.3, -0.25) is 9.59 Å². The molecular weight excluding hydrogens is 497 g/mol. The second-order valence-electron chi connectivity index (χ2n) is 8.15. The number of hydrogen-bond donors (Lipinski definition) is 1. The van der Waals surface area contributed by atoms with Crippen molar-refractivity contribution in [1.82, 2.24) is 14.6 Å². The van der Waals surface area contributed by atoms with Gasteiger partial charge in [0.1, 0.15) is 0 Å². The molecule has 0 atom stereocenters. The number of ketones is 1. The molecule has 2 aliphatic heterocycles. The molecule has 2 aromatic heterocycles. The molecule has 37 heavy (non-hydrogen) atoms. The predicted octanol–water partition coefficient (Wildman–Crippen LogP) is 4.33. The molecule has 0 unspecified atom stereocenters. The monoisotopic (exact) mass is 512 g/mol. The first-order valence-corrected chi connectivity index (χ1v) is 10.8. The quantitative estimate of drug-likeness (QED) is 0.402. The highest BCUT2D eigenvalue weighted by molar-refractivity contribution is 6.09. The fraction of sp³-hybridized carbons (Fsp3) is 0.167. The van der Waals surface area contributed by atoms with E-state index in [4.69, 9.17) is 18.9 Å². The molecule has 1 amide bonds. The molecule has 6 rings (SSSR count). The van der Waals surface area contributed by atoms with Crippen LogP contribution in [-0.2, 0) is 6.18 Å². The van der Waals surface area contributed by atoms with E-state index < -0.39 is 17.8 Å². The van der Waals surface area contributed by atoms with E-state index in [0.717, 1.165) is 12.1 Å². The van der Waals surface area contributed by atoms with Gasteiger partial charge in [0.05, 0.1) is 11.4 Å². The number of carbonyl (C=O) groups excluding carboxylic acids is 2. The van der Waals surface area contributed by atoms with Crippen LogP contribution in [0.1, 0.15) is 33.5 Å². The Morgan fingerprint density at radius 2 is 1.59 bits per heavy atom. The van der Waals surface area contributed by atoms with E-state index in [-0.39, 0.29) is 47.7 Å². The van der Waals surface area contributed by atoms with Crippen LogP contribution in [-0.4, -0.2) is 39.9 Å². The summed E-state index contributed by atoms with van der Waals surface area (Å²) in [6.07, 6.45) is -4.80. The third-order valence-electron chi connectivity index (χ3n) is 5.76. The SMILES string of the molecule is CC(=O)c1cc2c(cc1NC(=O)c1cc3nc(-c4ccc5c(c4)OCO5)cc(C(F)(F)F)n3n1)OCO2. The number of nitrogens with zero attached hydrogens (tertiary/aromatic N) is 3. The van der Waals surface area contributed by atoms with Gasteiger partial charge >= 0.3 is 6.18 Å². The first-order chi connectivity index (χ1) is 17.7. The number of fused-ring (bicyclic) bond motifs is 3. The van der Waals surface area contributed by atoms with E-state index in [1.165, 1.54) is 25.1 Å².